The van der Waals surface area contributed by atoms with Crippen LogP contribution in [-0.4, -0.2) is 64.6 Å². The summed E-state index contributed by atoms with van der Waals surface area (Å²) in [6.07, 6.45) is 0. The number of carbonyl (C=O) groups is 1. The smallest absolute Gasteiger partial charge is 0.282 e. The summed E-state index contributed by atoms with van der Waals surface area (Å²) in [7, 11) is 0. The third-order valence-electron chi connectivity index (χ3n) is 4.65. The Balaban J connectivity index is 1.55. The Morgan fingerprint density at radius 2 is 1.70 bits per heavy atom. The molecule has 1 aromatic rings. The molecule has 2 heterocycles. The first-order valence-corrected chi connectivity index (χ1v) is 8.40. The van der Waals surface area contributed by atoms with Crippen LogP contribution < -0.4 is 15.1 Å². The molecule has 0 aliphatic carbocycles. The molecule has 3 rings (SSSR count). The standard InChI is InChI=1S/C17H25N3O3/c1-14(19-6-10-22-11-7-19)17(21)18-15-2-4-16(5-3-15)20-8-12-23-13-9-20/h2-5,14H,6-13H2,1H3,(H,18,21)/p+1/t14-/m0/s1. The fraction of sp³-hybridized carbons (Fsp3) is 0.588. The lowest BCUT2D eigenvalue weighted by molar-refractivity contribution is -0.921. The number of carbonyl (C=O) groups excluding carboxylic acids is 1. The molecular weight excluding hydrogens is 294 g/mol. The van der Waals surface area contributed by atoms with Crippen molar-refractivity contribution in [1.29, 1.82) is 0 Å². The van der Waals surface area contributed by atoms with E-state index in [-0.39, 0.29) is 11.9 Å². The number of hydrogen-bond acceptors (Lipinski definition) is 4. The van der Waals surface area contributed by atoms with E-state index < -0.39 is 0 Å². The zero-order chi connectivity index (χ0) is 16.1. The van der Waals surface area contributed by atoms with Crippen LogP contribution in [0.3, 0.4) is 0 Å². The molecule has 0 saturated carbocycles. The first-order chi connectivity index (χ1) is 11.2. The molecule has 0 radical (unpaired) electrons. The number of rotatable bonds is 4. The normalized spacial score (nSPS) is 21.0. The zero-order valence-corrected chi connectivity index (χ0v) is 13.7. The summed E-state index contributed by atoms with van der Waals surface area (Å²) in [6.45, 7) is 8.64. The van der Waals surface area contributed by atoms with E-state index in [1.807, 2.05) is 19.1 Å². The number of anilines is 2. The summed E-state index contributed by atoms with van der Waals surface area (Å²) in [4.78, 5) is 16.0. The van der Waals surface area contributed by atoms with Gasteiger partial charge in [-0.25, -0.2) is 0 Å². The SMILES string of the molecule is C[C@@H](C(=O)Nc1ccc(N2CCOCC2)cc1)[NH+]1CCOCC1. The van der Waals surface area contributed by atoms with E-state index in [0.717, 1.165) is 58.3 Å². The van der Waals surface area contributed by atoms with E-state index in [0.29, 0.717) is 0 Å². The van der Waals surface area contributed by atoms with Crippen molar-refractivity contribution in [3.05, 3.63) is 24.3 Å². The summed E-state index contributed by atoms with van der Waals surface area (Å²) in [5, 5.41) is 3.03. The largest absolute Gasteiger partial charge is 0.378 e. The third kappa shape index (κ3) is 4.22. The second kappa shape index (κ2) is 7.77. The van der Waals surface area contributed by atoms with Crippen LogP contribution in [0.4, 0.5) is 11.4 Å². The van der Waals surface area contributed by atoms with E-state index >= 15 is 0 Å². The molecule has 0 aromatic heterocycles. The average Bonchev–Trinajstić information content (AvgIpc) is 2.63. The Hall–Kier alpha value is -1.63. The Labute approximate surface area is 137 Å². The highest BCUT2D eigenvalue weighted by Crippen LogP contribution is 2.19. The maximum atomic E-state index is 12.4. The minimum Gasteiger partial charge on any atom is -0.378 e. The van der Waals surface area contributed by atoms with Gasteiger partial charge >= 0.3 is 0 Å². The van der Waals surface area contributed by atoms with Gasteiger partial charge in [0.25, 0.3) is 5.91 Å². The minimum atomic E-state index is -0.0576. The van der Waals surface area contributed by atoms with E-state index in [4.69, 9.17) is 9.47 Å². The molecule has 6 heteroatoms. The first-order valence-electron chi connectivity index (χ1n) is 8.40. The molecule has 0 bridgehead atoms. The molecule has 2 aliphatic rings. The average molecular weight is 320 g/mol. The number of hydrogen-bond donors (Lipinski definition) is 2. The lowest BCUT2D eigenvalue weighted by Crippen LogP contribution is -3.18. The van der Waals surface area contributed by atoms with Crippen molar-refractivity contribution in [2.24, 2.45) is 0 Å². The topological polar surface area (TPSA) is 55.2 Å². The van der Waals surface area contributed by atoms with Gasteiger partial charge in [0, 0.05) is 24.5 Å². The Morgan fingerprint density at radius 3 is 2.35 bits per heavy atom. The van der Waals surface area contributed by atoms with Crippen molar-refractivity contribution in [2.75, 3.05) is 62.8 Å². The van der Waals surface area contributed by atoms with Crippen LogP contribution in [0, 0.1) is 0 Å². The van der Waals surface area contributed by atoms with Crippen molar-refractivity contribution in [3.63, 3.8) is 0 Å². The van der Waals surface area contributed by atoms with Gasteiger partial charge in [-0.2, -0.15) is 0 Å². The number of morpholine rings is 2. The van der Waals surface area contributed by atoms with Gasteiger partial charge < -0.3 is 24.6 Å². The highest BCUT2D eigenvalue weighted by molar-refractivity contribution is 5.93. The molecule has 1 aromatic carbocycles. The Morgan fingerprint density at radius 1 is 1.09 bits per heavy atom. The monoisotopic (exact) mass is 320 g/mol. The fourth-order valence-electron chi connectivity index (χ4n) is 3.08. The van der Waals surface area contributed by atoms with Crippen LogP contribution >= 0.6 is 0 Å². The number of nitrogens with one attached hydrogen (secondary N) is 2. The highest BCUT2D eigenvalue weighted by atomic mass is 16.5. The molecular formula is C17H26N3O3+. The van der Waals surface area contributed by atoms with Crippen molar-refractivity contribution in [2.45, 2.75) is 13.0 Å². The lowest BCUT2D eigenvalue weighted by atomic mass is 10.2. The van der Waals surface area contributed by atoms with Crippen molar-refractivity contribution < 1.29 is 19.2 Å². The maximum Gasteiger partial charge on any atom is 0.282 e. The predicted molar refractivity (Wildman–Crippen MR) is 89.1 cm³/mol. The van der Waals surface area contributed by atoms with Gasteiger partial charge in [-0.3, -0.25) is 4.79 Å². The number of quaternary nitrogens is 1. The molecule has 2 aliphatic heterocycles. The van der Waals surface area contributed by atoms with Crippen LogP contribution in [0.2, 0.25) is 0 Å². The molecule has 1 atom stereocenters. The summed E-state index contributed by atoms with van der Waals surface area (Å²) in [6, 6.07) is 8.02. The molecule has 1 amide bonds. The summed E-state index contributed by atoms with van der Waals surface area (Å²) >= 11 is 0. The van der Waals surface area contributed by atoms with Gasteiger partial charge in [-0.1, -0.05) is 0 Å². The van der Waals surface area contributed by atoms with Crippen LogP contribution in [0.5, 0.6) is 0 Å². The van der Waals surface area contributed by atoms with Crippen LogP contribution in [0.15, 0.2) is 24.3 Å². The molecule has 0 unspecified atom stereocenters. The summed E-state index contributed by atoms with van der Waals surface area (Å²) < 4.78 is 10.7. The maximum absolute atomic E-state index is 12.4. The lowest BCUT2D eigenvalue weighted by Gasteiger charge is -2.29. The quantitative estimate of drug-likeness (QED) is 0.804. The van der Waals surface area contributed by atoms with Gasteiger partial charge in [-0.05, 0) is 31.2 Å². The van der Waals surface area contributed by atoms with Crippen molar-refractivity contribution >= 4 is 17.3 Å². The number of nitrogens with zero attached hydrogens (tertiary/aromatic N) is 1. The van der Waals surface area contributed by atoms with Gasteiger partial charge in [-0.15, -0.1) is 0 Å². The summed E-state index contributed by atoms with van der Waals surface area (Å²) in [5.41, 5.74) is 2.03. The first kappa shape index (κ1) is 16.2. The van der Waals surface area contributed by atoms with Gasteiger partial charge in [0.1, 0.15) is 13.1 Å². The summed E-state index contributed by atoms with van der Waals surface area (Å²) in [5.74, 6) is 0.0704. The molecule has 2 fully saturated rings. The predicted octanol–water partition coefficient (Wildman–Crippen LogP) is -0.235. The molecule has 23 heavy (non-hydrogen) atoms. The van der Waals surface area contributed by atoms with Crippen molar-refractivity contribution in [3.8, 4) is 0 Å². The van der Waals surface area contributed by atoms with Crippen LogP contribution in [-0.2, 0) is 14.3 Å². The van der Waals surface area contributed by atoms with Crippen LogP contribution in [0.1, 0.15) is 6.92 Å². The zero-order valence-electron chi connectivity index (χ0n) is 13.7. The molecule has 0 spiro atoms. The fourth-order valence-corrected chi connectivity index (χ4v) is 3.08. The second-order valence-electron chi connectivity index (χ2n) is 6.13. The molecule has 126 valence electrons. The minimum absolute atomic E-state index is 0.0576. The van der Waals surface area contributed by atoms with E-state index in [1.54, 1.807) is 0 Å². The highest BCUT2D eigenvalue weighted by Gasteiger charge is 2.26. The van der Waals surface area contributed by atoms with Gasteiger partial charge in [0.05, 0.1) is 26.4 Å². The van der Waals surface area contributed by atoms with E-state index in [9.17, 15) is 4.79 Å². The molecule has 6 nitrogen and oxygen atoms in total. The van der Waals surface area contributed by atoms with Gasteiger partial charge in [0.2, 0.25) is 0 Å². The Kier molecular flexibility index (Phi) is 5.48. The Bertz CT molecular complexity index is 508. The van der Waals surface area contributed by atoms with Crippen molar-refractivity contribution in [1.82, 2.24) is 0 Å². The number of amides is 1. The molecule has 2 saturated heterocycles. The second-order valence-corrected chi connectivity index (χ2v) is 6.13. The number of ether oxygens (including phenoxy) is 2. The number of benzene rings is 1. The van der Waals surface area contributed by atoms with E-state index in [1.165, 1.54) is 10.6 Å². The van der Waals surface area contributed by atoms with Crippen LogP contribution in [0.25, 0.3) is 0 Å². The molecule has 2 N–H and O–H groups in total. The van der Waals surface area contributed by atoms with E-state index in [2.05, 4.69) is 22.3 Å². The van der Waals surface area contributed by atoms with Gasteiger partial charge in [0.15, 0.2) is 6.04 Å². The third-order valence-corrected chi connectivity index (χ3v) is 4.65.